The average Bonchev–Trinajstić information content (AvgIpc) is 3.09. The number of aromatic nitrogens is 3. The third-order valence-electron chi connectivity index (χ3n) is 8.44. The molecule has 51 heavy (non-hydrogen) atoms. The lowest BCUT2D eigenvalue weighted by Gasteiger charge is -2.34. The highest BCUT2D eigenvalue weighted by Gasteiger charge is 2.21. The largest absolute Gasteiger partial charge is 0.458 e. The molecule has 2 aromatic heterocycles. The van der Waals surface area contributed by atoms with Gasteiger partial charge in [-0.25, -0.2) is 14.8 Å². The van der Waals surface area contributed by atoms with Gasteiger partial charge in [-0.1, -0.05) is 0 Å². The molecule has 15 nitrogen and oxygen atoms in total. The first-order valence-corrected chi connectivity index (χ1v) is 18.2. The molecule has 2 aromatic rings. The molecule has 3 N–H and O–H groups in total. The van der Waals surface area contributed by atoms with E-state index in [0.717, 1.165) is 83.7 Å². The Kier molecular flexibility index (Phi) is 16.1. The van der Waals surface area contributed by atoms with E-state index in [1.807, 2.05) is 46.8 Å². The van der Waals surface area contributed by atoms with Crippen molar-refractivity contribution in [1.29, 1.82) is 0 Å². The number of anilines is 5. The van der Waals surface area contributed by atoms with Crippen molar-refractivity contribution in [3.63, 3.8) is 0 Å². The number of methoxy groups -OCH3 is 1. The van der Waals surface area contributed by atoms with Gasteiger partial charge in [0.15, 0.2) is 0 Å². The number of piperidine rings is 1. The maximum absolute atomic E-state index is 12.8. The summed E-state index contributed by atoms with van der Waals surface area (Å²) < 4.78 is 21.9. The molecule has 15 heteroatoms. The number of hydrogen-bond acceptors (Lipinski definition) is 14. The Balaban J connectivity index is 1.12. The fourth-order valence-corrected chi connectivity index (χ4v) is 5.94. The van der Waals surface area contributed by atoms with Gasteiger partial charge in [-0.15, -0.1) is 0 Å². The zero-order valence-electron chi connectivity index (χ0n) is 31.4. The Morgan fingerprint density at radius 2 is 1.55 bits per heavy atom. The van der Waals surface area contributed by atoms with Crippen LogP contribution in [0.4, 0.5) is 29.0 Å². The summed E-state index contributed by atoms with van der Waals surface area (Å²) >= 11 is 0. The molecule has 2 aliphatic heterocycles. The van der Waals surface area contributed by atoms with Gasteiger partial charge >= 0.3 is 5.97 Å². The standard InChI is InChI=1S/C36H59N9O6/c1-27(2)39-29-23-32(41-31-9-12-37-35(42-31)45-15-10-28(48-6)11-16-45)38-24-30(29)40-33(46)25-49-21-7-13-43-17-19-44(20-18-43)14-8-22-50-26-34(47)51-36(3,4)5/h9,12,23-24,27-28H,7-8,10-11,13-22,25-26H2,1-6H3,(H,40,46)(H2,37,38,39,41,42). The van der Waals surface area contributed by atoms with E-state index in [1.54, 1.807) is 19.5 Å². The minimum Gasteiger partial charge on any atom is -0.458 e. The highest BCUT2D eigenvalue weighted by molar-refractivity contribution is 5.95. The Bertz CT molecular complexity index is 1360. The van der Waals surface area contributed by atoms with E-state index in [-0.39, 0.29) is 37.2 Å². The summed E-state index contributed by atoms with van der Waals surface area (Å²) in [5.41, 5.74) is 0.842. The second-order valence-electron chi connectivity index (χ2n) is 14.3. The predicted molar refractivity (Wildman–Crippen MR) is 199 cm³/mol. The highest BCUT2D eigenvalue weighted by Crippen LogP contribution is 2.27. The van der Waals surface area contributed by atoms with Crippen LogP contribution in [0.5, 0.6) is 0 Å². The highest BCUT2D eigenvalue weighted by atomic mass is 16.6. The van der Waals surface area contributed by atoms with Crippen LogP contribution in [0.25, 0.3) is 0 Å². The molecular weight excluding hydrogens is 654 g/mol. The smallest absolute Gasteiger partial charge is 0.332 e. The van der Waals surface area contributed by atoms with Crippen LogP contribution in [0.1, 0.15) is 60.3 Å². The van der Waals surface area contributed by atoms with E-state index in [0.29, 0.717) is 36.5 Å². The third-order valence-corrected chi connectivity index (χ3v) is 8.44. The van der Waals surface area contributed by atoms with Gasteiger partial charge in [0, 0.05) is 91.0 Å². The van der Waals surface area contributed by atoms with Crippen molar-refractivity contribution in [1.82, 2.24) is 24.8 Å². The third kappa shape index (κ3) is 14.9. The van der Waals surface area contributed by atoms with Gasteiger partial charge in [-0.05, 0) is 66.4 Å². The number of rotatable bonds is 19. The summed E-state index contributed by atoms with van der Waals surface area (Å²) in [6.07, 6.45) is 7.28. The molecule has 0 unspecified atom stereocenters. The van der Waals surface area contributed by atoms with Crippen LogP contribution in [0.2, 0.25) is 0 Å². The lowest BCUT2D eigenvalue weighted by atomic mass is 10.1. The number of hydrogen-bond donors (Lipinski definition) is 3. The summed E-state index contributed by atoms with van der Waals surface area (Å²) in [7, 11) is 1.76. The van der Waals surface area contributed by atoms with Gasteiger partial charge in [0.05, 0.1) is 23.7 Å². The molecule has 0 radical (unpaired) electrons. The second-order valence-corrected chi connectivity index (χ2v) is 14.3. The zero-order valence-corrected chi connectivity index (χ0v) is 31.4. The summed E-state index contributed by atoms with van der Waals surface area (Å²) in [4.78, 5) is 45.3. The number of piperazine rings is 1. The predicted octanol–water partition coefficient (Wildman–Crippen LogP) is 3.76. The SMILES string of the molecule is COC1CCN(c2nccc(Nc3cc(NC(C)C)c(NC(=O)COCCCN4CCN(CCCOCC(=O)OC(C)(C)C)CC4)cn3)n2)CC1. The van der Waals surface area contributed by atoms with Gasteiger partial charge in [-0.3, -0.25) is 4.79 Å². The Morgan fingerprint density at radius 3 is 2.16 bits per heavy atom. The molecule has 4 heterocycles. The van der Waals surface area contributed by atoms with Gasteiger partial charge in [0.25, 0.3) is 0 Å². The Hall–Kier alpha value is -3.63. The van der Waals surface area contributed by atoms with E-state index in [2.05, 4.69) is 40.6 Å². The van der Waals surface area contributed by atoms with E-state index in [4.69, 9.17) is 23.9 Å². The Morgan fingerprint density at radius 1 is 0.902 bits per heavy atom. The van der Waals surface area contributed by atoms with E-state index < -0.39 is 5.60 Å². The topological polar surface area (TPSA) is 156 Å². The normalized spacial score (nSPS) is 16.3. The van der Waals surface area contributed by atoms with Crippen molar-refractivity contribution in [3.05, 3.63) is 24.5 Å². The minimum absolute atomic E-state index is 0.00409. The van der Waals surface area contributed by atoms with Crippen molar-refractivity contribution in [2.45, 2.75) is 78.0 Å². The summed E-state index contributed by atoms with van der Waals surface area (Å²) in [6.45, 7) is 18.2. The van der Waals surface area contributed by atoms with Crippen molar-refractivity contribution >= 4 is 40.8 Å². The first-order valence-electron chi connectivity index (χ1n) is 18.2. The maximum atomic E-state index is 12.8. The quantitative estimate of drug-likeness (QED) is 0.143. The van der Waals surface area contributed by atoms with Crippen molar-refractivity contribution in [2.75, 3.05) is 107 Å². The molecule has 0 saturated carbocycles. The molecule has 284 valence electrons. The monoisotopic (exact) mass is 713 g/mol. The first-order chi connectivity index (χ1) is 24.5. The van der Waals surface area contributed by atoms with Crippen LogP contribution >= 0.6 is 0 Å². The van der Waals surface area contributed by atoms with Crippen molar-refractivity contribution in [2.24, 2.45) is 0 Å². The van der Waals surface area contributed by atoms with Crippen molar-refractivity contribution in [3.8, 4) is 0 Å². The van der Waals surface area contributed by atoms with Gasteiger partial charge in [0.2, 0.25) is 11.9 Å². The summed E-state index contributed by atoms with van der Waals surface area (Å²) in [6, 6.07) is 3.81. The number of nitrogens with one attached hydrogen (secondary N) is 3. The van der Waals surface area contributed by atoms with E-state index in [1.165, 1.54) is 0 Å². The number of carbonyl (C=O) groups excluding carboxylic acids is 2. The molecule has 4 rings (SSSR count). The van der Waals surface area contributed by atoms with E-state index in [9.17, 15) is 9.59 Å². The molecule has 0 atom stereocenters. The lowest BCUT2D eigenvalue weighted by Crippen LogP contribution is -2.47. The fraction of sp³-hybridized carbons (Fsp3) is 0.694. The van der Waals surface area contributed by atoms with Crippen LogP contribution < -0.4 is 20.9 Å². The molecular formula is C36H59N9O6. The van der Waals surface area contributed by atoms with E-state index >= 15 is 0 Å². The van der Waals surface area contributed by atoms with Crippen LogP contribution in [-0.2, 0) is 28.5 Å². The molecule has 2 fully saturated rings. The fourth-order valence-electron chi connectivity index (χ4n) is 5.94. The number of ether oxygens (including phenoxy) is 4. The van der Waals surface area contributed by atoms with Crippen LogP contribution in [-0.4, -0.2) is 140 Å². The number of carbonyl (C=O) groups is 2. The minimum atomic E-state index is -0.490. The first kappa shape index (κ1) is 40.1. The molecule has 2 saturated heterocycles. The van der Waals surface area contributed by atoms with Crippen LogP contribution in [0, 0.1) is 0 Å². The lowest BCUT2D eigenvalue weighted by molar-refractivity contribution is -0.160. The molecule has 1 amide bonds. The zero-order chi connectivity index (χ0) is 36.6. The molecule has 2 aliphatic rings. The Labute approximate surface area is 303 Å². The second kappa shape index (κ2) is 20.4. The van der Waals surface area contributed by atoms with Crippen LogP contribution in [0.3, 0.4) is 0 Å². The van der Waals surface area contributed by atoms with Gasteiger partial charge < -0.3 is 49.6 Å². The number of pyridine rings is 1. The summed E-state index contributed by atoms with van der Waals surface area (Å²) in [5, 5.41) is 9.63. The maximum Gasteiger partial charge on any atom is 0.332 e. The number of nitrogens with zero attached hydrogens (tertiary/aromatic N) is 6. The summed E-state index contributed by atoms with van der Waals surface area (Å²) in [5.74, 6) is 1.36. The number of esters is 1. The molecule has 0 aromatic carbocycles. The van der Waals surface area contributed by atoms with Gasteiger partial charge in [-0.2, -0.15) is 4.98 Å². The van der Waals surface area contributed by atoms with Crippen LogP contribution in [0.15, 0.2) is 24.5 Å². The molecule has 0 spiro atoms. The molecule has 0 bridgehead atoms. The number of amides is 1. The van der Waals surface area contributed by atoms with Gasteiger partial charge in [0.1, 0.15) is 30.5 Å². The van der Waals surface area contributed by atoms with Crippen molar-refractivity contribution < 1.29 is 28.5 Å². The molecule has 0 aliphatic carbocycles. The average molecular weight is 714 g/mol.